The van der Waals surface area contributed by atoms with Gasteiger partial charge in [-0.3, -0.25) is 0 Å². The van der Waals surface area contributed by atoms with Gasteiger partial charge in [-0.05, 0) is 37.3 Å². The number of aliphatic hydroxyl groups excluding tert-OH is 1. The Hall–Kier alpha value is -0.910. The van der Waals surface area contributed by atoms with Gasteiger partial charge in [0.2, 0.25) is 0 Å². The van der Waals surface area contributed by atoms with Gasteiger partial charge in [0.1, 0.15) is 0 Å². The highest BCUT2D eigenvalue weighted by molar-refractivity contribution is 7.98. The first-order chi connectivity index (χ1) is 9.06. The molecule has 0 saturated carbocycles. The molecule has 1 rings (SSSR count). The number of aryl methyl sites for hydroxylation is 1. The van der Waals surface area contributed by atoms with Crippen molar-refractivity contribution in [3.05, 3.63) is 28.8 Å². The molecule has 106 valence electrons. The number of carbonyl (C=O) groups is 1. The molecule has 1 aromatic rings. The van der Waals surface area contributed by atoms with E-state index in [1.165, 1.54) is 0 Å². The van der Waals surface area contributed by atoms with Crippen molar-refractivity contribution >= 4 is 35.1 Å². The van der Waals surface area contributed by atoms with Crippen molar-refractivity contribution in [2.45, 2.75) is 19.4 Å². The minimum absolute atomic E-state index is 0.0421. The van der Waals surface area contributed by atoms with E-state index < -0.39 is 0 Å². The second kappa shape index (κ2) is 8.30. The highest BCUT2D eigenvalue weighted by Crippen LogP contribution is 2.20. The van der Waals surface area contributed by atoms with Gasteiger partial charge < -0.3 is 15.7 Å². The lowest BCUT2D eigenvalue weighted by atomic mass is 10.2. The summed E-state index contributed by atoms with van der Waals surface area (Å²) in [5.74, 6) is 0.766. The van der Waals surface area contributed by atoms with E-state index >= 15 is 0 Å². The van der Waals surface area contributed by atoms with Crippen molar-refractivity contribution in [3.63, 3.8) is 0 Å². The van der Waals surface area contributed by atoms with E-state index in [4.69, 9.17) is 16.7 Å². The highest BCUT2D eigenvalue weighted by Gasteiger charge is 2.12. The zero-order valence-electron chi connectivity index (χ0n) is 11.1. The van der Waals surface area contributed by atoms with Crippen LogP contribution in [-0.2, 0) is 0 Å². The van der Waals surface area contributed by atoms with E-state index in [2.05, 4.69) is 10.6 Å². The third kappa shape index (κ3) is 5.72. The first-order valence-electron chi connectivity index (χ1n) is 6.00. The molecule has 0 spiro atoms. The standard InChI is InChI=1S/C13H19ClN2O2S/c1-9-3-4-10(14)7-12(9)16-13(18)15-11(5-6-17)8-19-2/h3-4,7,11,17H,5-6,8H2,1-2H3,(H2,15,16,18)/t11-/m0/s1. The van der Waals surface area contributed by atoms with Crippen molar-refractivity contribution < 1.29 is 9.90 Å². The Bertz CT molecular complexity index is 423. The molecule has 1 atom stereocenters. The molecule has 6 heteroatoms. The topological polar surface area (TPSA) is 61.4 Å². The van der Waals surface area contributed by atoms with Crippen LogP contribution in [0.3, 0.4) is 0 Å². The number of aliphatic hydroxyl groups is 1. The van der Waals surface area contributed by atoms with Gasteiger partial charge in [0.25, 0.3) is 0 Å². The van der Waals surface area contributed by atoms with Crippen LogP contribution in [0.1, 0.15) is 12.0 Å². The van der Waals surface area contributed by atoms with Crippen LogP contribution in [0.15, 0.2) is 18.2 Å². The Labute approximate surface area is 122 Å². The Morgan fingerprint density at radius 1 is 1.53 bits per heavy atom. The van der Waals surface area contributed by atoms with E-state index in [0.29, 0.717) is 17.1 Å². The van der Waals surface area contributed by atoms with E-state index in [1.807, 2.05) is 19.2 Å². The molecule has 0 bridgehead atoms. The normalized spacial score (nSPS) is 12.0. The molecule has 0 heterocycles. The predicted octanol–water partition coefficient (Wildman–Crippen LogP) is 2.88. The number of amides is 2. The molecule has 2 amide bonds. The fourth-order valence-corrected chi connectivity index (χ4v) is 2.45. The average Bonchev–Trinajstić information content (AvgIpc) is 2.34. The van der Waals surface area contributed by atoms with Gasteiger partial charge in [-0.25, -0.2) is 4.79 Å². The Morgan fingerprint density at radius 2 is 2.26 bits per heavy atom. The van der Waals surface area contributed by atoms with Gasteiger partial charge in [0, 0.05) is 29.1 Å². The summed E-state index contributed by atoms with van der Waals surface area (Å²) >= 11 is 7.53. The lowest BCUT2D eigenvalue weighted by Crippen LogP contribution is -2.40. The summed E-state index contributed by atoms with van der Waals surface area (Å²) in [6, 6.07) is 5.02. The summed E-state index contributed by atoms with van der Waals surface area (Å²) in [5.41, 5.74) is 1.64. The fourth-order valence-electron chi connectivity index (χ4n) is 1.63. The van der Waals surface area contributed by atoms with Gasteiger partial charge in [0.15, 0.2) is 0 Å². The maximum Gasteiger partial charge on any atom is 0.319 e. The molecular formula is C13H19ClN2O2S. The summed E-state index contributed by atoms with van der Waals surface area (Å²) in [4.78, 5) is 11.9. The van der Waals surface area contributed by atoms with Crippen LogP contribution in [0.2, 0.25) is 5.02 Å². The third-order valence-corrected chi connectivity index (χ3v) is 3.60. The average molecular weight is 303 g/mol. The molecule has 0 aliphatic heterocycles. The van der Waals surface area contributed by atoms with Gasteiger partial charge in [-0.2, -0.15) is 11.8 Å². The van der Waals surface area contributed by atoms with E-state index in [0.717, 1.165) is 11.3 Å². The molecule has 0 unspecified atom stereocenters. The smallest absolute Gasteiger partial charge is 0.319 e. The van der Waals surface area contributed by atoms with Crippen LogP contribution in [-0.4, -0.2) is 35.8 Å². The molecule has 4 nitrogen and oxygen atoms in total. The molecule has 0 radical (unpaired) electrons. The second-order valence-electron chi connectivity index (χ2n) is 4.22. The van der Waals surface area contributed by atoms with Crippen molar-refractivity contribution in [2.24, 2.45) is 0 Å². The van der Waals surface area contributed by atoms with Crippen LogP contribution in [0.5, 0.6) is 0 Å². The van der Waals surface area contributed by atoms with E-state index in [1.54, 1.807) is 23.9 Å². The summed E-state index contributed by atoms with van der Waals surface area (Å²) in [6.45, 7) is 1.96. The van der Waals surface area contributed by atoms with Crippen molar-refractivity contribution in [1.82, 2.24) is 5.32 Å². The monoisotopic (exact) mass is 302 g/mol. The second-order valence-corrected chi connectivity index (χ2v) is 5.57. The maximum atomic E-state index is 11.9. The molecule has 0 aromatic heterocycles. The molecule has 19 heavy (non-hydrogen) atoms. The zero-order valence-corrected chi connectivity index (χ0v) is 12.6. The predicted molar refractivity (Wildman–Crippen MR) is 82.2 cm³/mol. The first kappa shape index (κ1) is 16.1. The fraction of sp³-hybridized carbons (Fsp3) is 0.462. The quantitative estimate of drug-likeness (QED) is 0.757. The highest BCUT2D eigenvalue weighted by atomic mass is 35.5. The van der Waals surface area contributed by atoms with Crippen LogP contribution in [0, 0.1) is 6.92 Å². The molecular weight excluding hydrogens is 284 g/mol. The first-order valence-corrected chi connectivity index (χ1v) is 7.77. The van der Waals surface area contributed by atoms with Crippen molar-refractivity contribution in [1.29, 1.82) is 0 Å². The van der Waals surface area contributed by atoms with Crippen LogP contribution >= 0.6 is 23.4 Å². The van der Waals surface area contributed by atoms with Crippen molar-refractivity contribution in [2.75, 3.05) is 23.9 Å². The Balaban J connectivity index is 2.60. The summed E-state index contributed by atoms with van der Waals surface area (Å²) in [7, 11) is 0. The minimum atomic E-state index is -0.280. The molecule has 1 aromatic carbocycles. The van der Waals surface area contributed by atoms with Gasteiger partial charge in [-0.1, -0.05) is 17.7 Å². The number of thioether (sulfide) groups is 1. The molecule has 3 N–H and O–H groups in total. The van der Waals surface area contributed by atoms with Gasteiger partial charge >= 0.3 is 6.03 Å². The van der Waals surface area contributed by atoms with Crippen LogP contribution in [0.25, 0.3) is 0 Å². The maximum absolute atomic E-state index is 11.9. The van der Waals surface area contributed by atoms with E-state index in [9.17, 15) is 4.79 Å². The summed E-state index contributed by atoms with van der Waals surface area (Å²) in [5, 5.41) is 15.1. The molecule has 0 aliphatic rings. The summed E-state index contributed by atoms with van der Waals surface area (Å²) < 4.78 is 0. The molecule has 0 saturated heterocycles. The van der Waals surface area contributed by atoms with E-state index in [-0.39, 0.29) is 18.7 Å². The van der Waals surface area contributed by atoms with Crippen molar-refractivity contribution in [3.8, 4) is 0 Å². The molecule has 0 fully saturated rings. The molecule has 0 aliphatic carbocycles. The van der Waals surface area contributed by atoms with Gasteiger partial charge in [0.05, 0.1) is 0 Å². The third-order valence-electron chi connectivity index (χ3n) is 2.63. The Morgan fingerprint density at radius 3 is 2.89 bits per heavy atom. The zero-order chi connectivity index (χ0) is 14.3. The SMILES string of the molecule is CSC[C@H](CCO)NC(=O)Nc1cc(Cl)ccc1C. The largest absolute Gasteiger partial charge is 0.396 e. The number of hydrogen-bond donors (Lipinski definition) is 3. The number of rotatable bonds is 6. The number of nitrogens with one attached hydrogen (secondary N) is 2. The lowest BCUT2D eigenvalue weighted by Gasteiger charge is -2.17. The minimum Gasteiger partial charge on any atom is -0.396 e. The number of benzene rings is 1. The number of halogens is 1. The number of urea groups is 1. The van der Waals surface area contributed by atoms with Gasteiger partial charge in [-0.15, -0.1) is 0 Å². The van der Waals surface area contributed by atoms with Crippen LogP contribution < -0.4 is 10.6 Å². The number of anilines is 1. The number of hydrogen-bond acceptors (Lipinski definition) is 3. The Kier molecular flexibility index (Phi) is 7.05. The summed E-state index contributed by atoms with van der Waals surface area (Å²) in [6.07, 6.45) is 2.51. The lowest BCUT2D eigenvalue weighted by molar-refractivity contribution is 0.241. The van der Waals surface area contributed by atoms with Crippen LogP contribution in [0.4, 0.5) is 10.5 Å². The number of carbonyl (C=O) groups excluding carboxylic acids is 1.